The number of carboxylic acids is 1. The van der Waals surface area contributed by atoms with E-state index in [-0.39, 0.29) is 0 Å². The van der Waals surface area contributed by atoms with Gasteiger partial charge in [-0.2, -0.15) is 0 Å². The van der Waals surface area contributed by atoms with Crippen molar-refractivity contribution in [3.63, 3.8) is 0 Å². The minimum Gasteiger partial charge on any atom is -0.495 e. The molecule has 1 heterocycles. The van der Waals surface area contributed by atoms with Crippen molar-refractivity contribution in [1.82, 2.24) is 0 Å². The Morgan fingerprint density at radius 2 is 2.10 bits per heavy atom. The van der Waals surface area contributed by atoms with E-state index in [9.17, 15) is 9.90 Å². The first-order valence-electron chi connectivity index (χ1n) is 6.50. The summed E-state index contributed by atoms with van der Waals surface area (Å²) < 4.78 is 17.4. The molecular formula is C14H15BrO5. The molecule has 0 amide bonds. The van der Waals surface area contributed by atoms with Crippen molar-refractivity contribution in [2.45, 2.75) is 24.7 Å². The number of hydrogen-bond donors (Lipinski definition) is 1. The van der Waals surface area contributed by atoms with E-state index in [0.717, 1.165) is 6.42 Å². The Bertz CT molecular complexity index is 565. The van der Waals surface area contributed by atoms with Crippen LogP contribution in [0.15, 0.2) is 10.5 Å². The topological polar surface area (TPSA) is 65.0 Å². The Kier molecular flexibility index (Phi) is 3.28. The lowest BCUT2D eigenvalue weighted by atomic mass is 9.64. The maximum absolute atomic E-state index is 11.8. The molecule has 0 unspecified atom stereocenters. The van der Waals surface area contributed by atoms with Gasteiger partial charge in [0.15, 0.2) is 11.5 Å². The number of carbonyl (C=O) groups is 1. The predicted molar refractivity (Wildman–Crippen MR) is 74.8 cm³/mol. The second-order valence-electron chi connectivity index (χ2n) is 5.03. The molecule has 1 aromatic carbocycles. The van der Waals surface area contributed by atoms with Crippen molar-refractivity contribution in [2.24, 2.45) is 0 Å². The van der Waals surface area contributed by atoms with Crippen LogP contribution in [0.5, 0.6) is 17.2 Å². The van der Waals surface area contributed by atoms with E-state index in [1.54, 1.807) is 6.07 Å². The fraction of sp³-hybridized carbons (Fsp3) is 0.500. The van der Waals surface area contributed by atoms with E-state index in [1.807, 2.05) is 0 Å². The highest BCUT2D eigenvalue weighted by Gasteiger charge is 2.51. The number of aliphatic carboxylic acids is 1. The minimum absolute atomic E-state index is 0.417. The van der Waals surface area contributed by atoms with Gasteiger partial charge >= 0.3 is 5.97 Å². The third-order valence-electron chi connectivity index (χ3n) is 4.04. The molecule has 0 saturated heterocycles. The van der Waals surface area contributed by atoms with Gasteiger partial charge in [0.2, 0.25) is 0 Å². The van der Waals surface area contributed by atoms with Gasteiger partial charge in [-0.25, -0.2) is 0 Å². The third kappa shape index (κ3) is 1.78. The monoisotopic (exact) mass is 342 g/mol. The highest BCUT2D eigenvalue weighted by atomic mass is 79.9. The number of fused-ring (bicyclic) bond motifs is 1. The number of benzene rings is 1. The largest absolute Gasteiger partial charge is 0.495 e. The van der Waals surface area contributed by atoms with Gasteiger partial charge in [-0.05, 0) is 28.8 Å². The number of rotatable bonds is 3. The summed E-state index contributed by atoms with van der Waals surface area (Å²) in [4.78, 5) is 11.8. The molecule has 3 rings (SSSR count). The van der Waals surface area contributed by atoms with E-state index in [4.69, 9.17) is 14.2 Å². The van der Waals surface area contributed by atoms with Gasteiger partial charge in [0.05, 0.1) is 17.1 Å². The van der Waals surface area contributed by atoms with Crippen molar-refractivity contribution in [3.8, 4) is 17.2 Å². The molecule has 1 aliphatic carbocycles. The van der Waals surface area contributed by atoms with E-state index in [1.165, 1.54) is 7.11 Å². The first-order valence-corrected chi connectivity index (χ1v) is 7.29. The molecule has 1 fully saturated rings. The van der Waals surface area contributed by atoms with Crippen LogP contribution in [0.3, 0.4) is 0 Å². The van der Waals surface area contributed by atoms with Crippen LogP contribution in [-0.4, -0.2) is 31.4 Å². The predicted octanol–water partition coefficient (Wildman–Crippen LogP) is 2.74. The summed E-state index contributed by atoms with van der Waals surface area (Å²) in [7, 11) is 1.54. The Morgan fingerprint density at radius 3 is 2.65 bits per heavy atom. The summed E-state index contributed by atoms with van der Waals surface area (Å²) in [5.74, 6) is 0.776. The molecule has 0 radical (unpaired) electrons. The fourth-order valence-corrected chi connectivity index (χ4v) is 3.44. The van der Waals surface area contributed by atoms with Crippen molar-refractivity contribution in [1.29, 1.82) is 0 Å². The lowest BCUT2D eigenvalue weighted by Gasteiger charge is -2.40. The first-order chi connectivity index (χ1) is 9.60. The standard InChI is InChI=1S/C14H15BrO5/c1-18-11-8(15)7-9-12(20-6-5-19-9)10(11)14(13(16)17)3-2-4-14/h7H,2-6H2,1H3,(H,16,17). The maximum atomic E-state index is 11.8. The summed E-state index contributed by atoms with van der Waals surface area (Å²) in [6.07, 6.45) is 2.06. The average molecular weight is 343 g/mol. The van der Waals surface area contributed by atoms with E-state index in [0.29, 0.717) is 53.3 Å². The summed E-state index contributed by atoms with van der Waals surface area (Å²) in [6, 6.07) is 1.77. The molecule has 1 aromatic rings. The van der Waals surface area contributed by atoms with Crippen molar-refractivity contribution >= 4 is 21.9 Å². The molecule has 1 saturated carbocycles. The quantitative estimate of drug-likeness (QED) is 0.914. The molecule has 0 atom stereocenters. The van der Waals surface area contributed by atoms with Crippen molar-refractivity contribution in [3.05, 3.63) is 16.1 Å². The first kappa shape index (κ1) is 13.5. The van der Waals surface area contributed by atoms with Crippen LogP contribution < -0.4 is 14.2 Å². The zero-order chi connectivity index (χ0) is 14.3. The summed E-state index contributed by atoms with van der Waals surface area (Å²) in [5.41, 5.74) is -0.331. The third-order valence-corrected chi connectivity index (χ3v) is 4.63. The molecule has 1 aliphatic heterocycles. The van der Waals surface area contributed by atoms with Gasteiger partial charge in [0.1, 0.15) is 24.4 Å². The van der Waals surface area contributed by atoms with Gasteiger partial charge in [-0.3, -0.25) is 4.79 Å². The van der Waals surface area contributed by atoms with Crippen LogP contribution in [0.1, 0.15) is 24.8 Å². The summed E-state index contributed by atoms with van der Waals surface area (Å²) >= 11 is 3.43. The second-order valence-corrected chi connectivity index (χ2v) is 5.89. The molecule has 0 spiro atoms. The van der Waals surface area contributed by atoms with E-state index in [2.05, 4.69) is 15.9 Å². The van der Waals surface area contributed by atoms with Gasteiger partial charge in [0.25, 0.3) is 0 Å². The fourth-order valence-electron chi connectivity index (χ4n) is 2.87. The lowest BCUT2D eigenvalue weighted by molar-refractivity contribution is -0.147. The van der Waals surface area contributed by atoms with Crippen molar-refractivity contribution in [2.75, 3.05) is 20.3 Å². The smallest absolute Gasteiger partial charge is 0.314 e. The summed E-state index contributed by atoms with van der Waals surface area (Å²) in [5, 5.41) is 9.68. The highest BCUT2D eigenvalue weighted by Crippen LogP contribution is 2.56. The van der Waals surface area contributed by atoms with E-state index >= 15 is 0 Å². The van der Waals surface area contributed by atoms with Gasteiger partial charge in [-0.1, -0.05) is 6.42 Å². The molecular weight excluding hydrogens is 328 g/mol. The molecule has 0 aromatic heterocycles. The Morgan fingerprint density at radius 1 is 1.40 bits per heavy atom. The van der Waals surface area contributed by atoms with Gasteiger partial charge < -0.3 is 19.3 Å². The van der Waals surface area contributed by atoms with Crippen LogP contribution in [0.25, 0.3) is 0 Å². The Labute approximate surface area is 125 Å². The zero-order valence-corrected chi connectivity index (χ0v) is 12.7. The normalized spacial score (nSPS) is 19.1. The molecule has 1 N–H and O–H groups in total. The molecule has 2 aliphatic rings. The number of halogens is 1. The molecule has 5 nitrogen and oxygen atoms in total. The van der Waals surface area contributed by atoms with Crippen LogP contribution in [-0.2, 0) is 10.2 Å². The maximum Gasteiger partial charge on any atom is 0.314 e. The zero-order valence-electron chi connectivity index (χ0n) is 11.1. The number of ether oxygens (including phenoxy) is 3. The second kappa shape index (κ2) is 4.84. The highest BCUT2D eigenvalue weighted by molar-refractivity contribution is 9.10. The number of methoxy groups -OCH3 is 1. The SMILES string of the molecule is COc1c(Br)cc2c(c1C1(C(=O)O)CCC1)OCCO2. The summed E-state index contributed by atoms with van der Waals surface area (Å²) in [6.45, 7) is 0.881. The number of carboxylic acid groups (broad SMARTS) is 1. The molecule has 108 valence electrons. The Balaban J connectivity index is 2.26. The van der Waals surface area contributed by atoms with E-state index < -0.39 is 11.4 Å². The molecule has 20 heavy (non-hydrogen) atoms. The molecule has 0 bridgehead atoms. The Hall–Kier alpha value is -1.43. The van der Waals surface area contributed by atoms with Crippen LogP contribution in [0, 0.1) is 0 Å². The minimum atomic E-state index is -0.931. The molecule has 6 heteroatoms. The average Bonchev–Trinajstić information content (AvgIpc) is 2.36. The van der Waals surface area contributed by atoms with Crippen LogP contribution in [0.2, 0.25) is 0 Å². The van der Waals surface area contributed by atoms with Crippen molar-refractivity contribution < 1.29 is 24.1 Å². The number of hydrogen-bond acceptors (Lipinski definition) is 4. The van der Waals surface area contributed by atoms with Crippen LogP contribution >= 0.6 is 15.9 Å². The van der Waals surface area contributed by atoms with Gasteiger partial charge in [-0.15, -0.1) is 0 Å². The van der Waals surface area contributed by atoms with Gasteiger partial charge in [0, 0.05) is 6.07 Å². The lowest BCUT2D eigenvalue weighted by Crippen LogP contribution is -2.43. The van der Waals surface area contributed by atoms with Crippen LogP contribution in [0.4, 0.5) is 0 Å².